The van der Waals surface area contributed by atoms with Gasteiger partial charge in [0.2, 0.25) is 0 Å². The molecule has 0 atom stereocenters. The van der Waals surface area contributed by atoms with E-state index in [0.29, 0.717) is 45.0 Å². The normalized spacial score (nSPS) is 17.5. The number of benzene rings is 2. The highest BCUT2D eigenvalue weighted by Gasteiger charge is 2.38. The number of hydrogen-bond acceptors (Lipinski definition) is 6. The van der Waals surface area contributed by atoms with Crippen LogP contribution in [0.4, 0.5) is 26.2 Å². The minimum atomic E-state index is -0.627. The van der Waals surface area contributed by atoms with Crippen molar-refractivity contribution in [3.63, 3.8) is 0 Å². The fourth-order valence-electron chi connectivity index (χ4n) is 5.38. The third-order valence-electron chi connectivity index (χ3n) is 7.48. The maximum atomic E-state index is 14.4. The predicted molar refractivity (Wildman–Crippen MR) is 146 cm³/mol. The molecule has 2 heterocycles. The Morgan fingerprint density at radius 3 is 2.39 bits per heavy atom. The average molecular weight is 548 g/mol. The highest BCUT2D eigenvalue weighted by Crippen LogP contribution is 2.42. The fourth-order valence-corrected chi connectivity index (χ4v) is 5.54. The zero-order valence-corrected chi connectivity index (χ0v) is 22.6. The second-order valence-corrected chi connectivity index (χ2v) is 10.1. The van der Waals surface area contributed by atoms with Crippen LogP contribution >= 0.6 is 11.6 Å². The Balaban J connectivity index is 1.70. The summed E-state index contributed by atoms with van der Waals surface area (Å²) in [7, 11) is 1.39. The van der Waals surface area contributed by atoms with Gasteiger partial charge in [-0.3, -0.25) is 4.79 Å². The molecule has 10 heteroatoms. The Labute approximate surface area is 227 Å². The molecule has 38 heavy (non-hydrogen) atoms. The number of esters is 1. The quantitative estimate of drug-likeness (QED) is 0.410. The Morgan fingerprint density at radius 2 is 1.74 bits per heavy atom. The Kier molecular flexibility index (Phi) is 9.46. The predicted octanol–water partition coefficient (Wildman–Crippen LogP) is 5.74. The SMILES string of the molecule is CCN(c1ccc(C2(CC(=O)OC)CCOCC2)cc1NC(=O)Nc1ccc(Cl)cc1F)C1CCOCC1. The van der Waals surface area contributed by atoms with Gasteiger partial charge < -0.3 is 29.7 Å². The van der Waals surface area contributed by atoms with Crippen LogP contribution in [-0.2, 0) is 24.4 Å². The lowest BCUT2D eigenvalue weighted by Gasteiger charge is -2.39. The zero-order valence-electron chi connectivity index (χ0n) is 21.9. The van der Waals surface area contributed by atoms with Gasteiger partial charge in [0.15, 0.2) is 0 Å². The molecule has 2 aliphatic rings. The van der Waals surface area contributed by atoms with Crippen molar-refractivity contribution in [2.45, 2.75) is 50.5 Å². The fraction of sp³-hybridized carbons (Fsp3) is 0.500. The summed E-state index contributed by atoms with van der Waals surface area (Å²) in [4.78, 5) is 27.8. The van der Waals surface area contributed by atoms with Gasteiger partial charge in [-0.25, -0.2) is 9.18 Å². The van der Waals surface area contributed by atoms with Crippen LogP contribution in [0.2, 0.25) is 5.02 Å². The van der Waals surface area contributed by atoms with Gasteiger partial charge in [0.25, 0.3) is 0 Å². The molecule has 0 saturated carbocycles. The third-order valence-corrected chi connectivity index (χ3v) is 7.71. The standard InChI is InChI=1S/C28H35ClFN3O5/c1-3-33(21-8-12-37-13-9-21)25-7-4-19(28(18-26(34)36-2)10-14-38-15-11-28)16-24(25)32-27(35)31-23-6-5-20(29)17-22(23)30/h4-7,16-17,21H,3,8-15,18H2,1-2H3,(H2,31,32,35). The second-order valence-electron chi connectivity index (χ2n) is 9.71. The maximum Gasteiger partial charge on any atom is 0.323 e. The van der Waals surface area contributed by atoms with Gasteiger partial charge in [0.1, 0.15) is 5.82 Å². The number of anilines is 3. The highest BCUT2D eigenvalue weighted by molar-refractivity contribution is 6.30. The number of urea groups is 1. The van der Waals surface area contributed by atoms with Crippen LogP contribution < -0.4 is 15.5 Å². The average Bonchev–Trinajstić information content (AvgIpc) is 2.92. The van der Waals surface area contributed by atoms with Crippen LogP contribution in [-0.4, -0.2) is 58.1 Å². The van der Waals surface area contributed by atoms with Gasteiger partial charge in [0, 0.05) is 49.5 Å². The summed E-state index contributed by atoms with van der Waals surface area (Å²) in [6.07, 6.45) is 3.27. The molecule has 2 N–H and O–H groups in total. The number of hydrogen-bond donors (Lipinski definition) is 2. The van der Waals surface area contributed by atoms with Gasteiger partial charge in [-0.05, 0) is 68.5 Å². The molecular formula is C28H35ClFN3O5. The van der Waals surface area contributed by atoms with Gasteiger partial charge >= 0.3 is 12.0 Å². The molecule has 0 aliphatic carbocycles. The molecule has 4 rings (SSSR count). The largest absolute Gasteiger partial charge is 0.469 e. The van der Waals surface area contributed by atoms with E-state index in [-0.39, 0.29) is 29.1 Å². The van der Waals surface area contributed by atoms with Crippen molar-refractivity contribution in [2.75, 3.05) is 55.6 Å². The Hall–Kier alpha value is -2.88. The summed E-state index contributed by atoms with van der Waals surface area (Å²) >= 11 is 5.85. The molecule has 206 valence electrons. The van der Waals surface area contributed by atoms with Crippen molar-refractivity contribution < 1.29 is 28.2 Å². The van der Waals surface area contributed by atoms with Crippen LogP contribution in [0.3, 0.4) is 0 Å². The van der Waals surface area contributed by atoms with Crippen molar-refractivity contribution in [2.24, 2.45) is 0 Å². The molecule has 2 aromatic rings. The molecule has 2 fully saturated rings. The van der Waals surface area contributed by atoms with Crippen molar-refractivity contribution >= 4 is 40.7 Å². The van der Waals surface area contributed by atoms with E-state index in [1.165, 1.54) is 19.2 Å². The number of halogens is 2. The first-order valence-electron chi connectivity index (χ1n) is 13.0. The smallest absolute Gasteiger partial charge is 0.323 e. The highest BCUT2D eigenvalue weighted by atomic mass is 35.5. The lowest BCUT2D eigenvalue weighted by Crippen LogP contribution is -2.40. The number of carbonyl (C=O) groups is 2. The van der Waals surface area contributed by atoms with Crippen molar-refractivity contribution in [3.8, 4) is 0 Å². The Morgan fingerprint density at radius 1 is 1.05 bits per heavy atom. The molecule has 0 bridgehead atoms. The van der Waals surface area contributed by atoms with Crippen LogP contribution in [0.1, 0.15) is 44.6 Å². The summed E-state index contributed by atoms with van der Waals surface area (Å²) in [5.74, 6) is -0.919. The van der Waals surface area contributed by atoms with Gasteiger partial charge in [-0.2, -0.15) is 0 Å². The number of carbonyl (C=O) groups excluding carboxylic acids is 2. The first kappa shape index (κ1) is 28.1. The molecule has 0 unspecified atom stereocenters. The number of amides is 2. The first-order chi connectivity index (χ1) is 18.3. The molecule has 0 aromatic heterocycles. The number of nitrogens with one attached hydrogen (secondary N) is 2. The summed E-state index contributed by atoms with van der Waals surface area (Å²) < 4.78 is 30.5. The van der Waals surface area contributed by atoms with Crippen LogP contribution in [0.15, 0.2) is 36.4 Å². The van der Waals surface area contributed by atoms with E-state index in [1.807, 2.05) is 18.2 Å². The number of rotatable bonds is 8. The molecule has 2 amide bonds. The van der Waals surface area contributed by atoms with E-state index in [0.717, 1.165) is 36.7 Å². The molecular weight excluding hydrogens is 513 g/mol. The van der Waals surface area contributed by atoms with Gasteiger partial charge in [-0.1, -0.05) is 17.7 Å². The van der Waals surface area contributed by atoms with E-state index in [4.69, 9.17) is 25.8 Å². The minimum absolute atomic E-state index is 0.0213. The van der Waals surface area contributed by atoms with Crippen LogP contribution in [0.5, 0.6) is 0 Å². The van der Waals surface area contributed by atoms with E-state index in [2.05, 4.69) is 22.5 Å². The first-order valence-corrected chi connectivity index (χ1v) is 13.4. The topological polar surface area (TPSA) is 89.1 Å². The molecule has 2 aliphatic heterocycles. The lowest BCUT2D eigenvalue weighted by atomic mass is 9.71. The number of methoxy groups -OCH3 is 1. The van der Waals surface area contributed by atoms with Crippen molar-refractivity contribution in [3.05, 3.63) is 52.8 Å². The summed E-state index contributed by atoms with van der Waals surface area (Å²) in [5.41, 5.74) is 1.90. The summed E-state index contributed by atoms with van der Waals surface area (Å²) in [5, 5.41) is 5.77. The van der Waals surface area contributed by atoms with E-state index in [1.54, 1.807) is 0 Å². The zero-order chi connectivity index (χ0) is 27.1. The second kappa shape index (κ2) is 12.8. The van der Waals surface area contributed by atoms with E-state index < -0.39 is 17.3 Å². The number of nitrogens with zero attached hydrogens (tertiary/aromatic N) is 1. The monoisotopic (exact) mass is 547 g/mol. The molecule has 0 spiro atoms. The van der Waals surface area contributed by atoms with Gasteiger partial charge in [0.05, 0.1) is 30.6 Å². The Bertz CT molecular complexity index is 1140. The van der Waals surface area contributed by atoms with Gasteiger partial charge in [-0.15, -0.1) is 0 Å². The molecule has 8 nitrogen and oxygen atoms in total. The van der Waals surface area contributed by atoms with E-state index in [9.17, 15) is 14.0 Å². The van der Waals surface area contributed by atoms with Crippen LogP contribution in [0.25, 0.3) is 0 Å². The maximum absolute atomic E-state index is 14.4. The molecule has 2 saturated heterocycles. The minimum Gasteiger partial charge on any atom is -0.469 e. The van der Waals surface area contributed by atoms with E-state index >= 15 is 0 Å². The summed E-state index contributed by atoms with van der Waals surface area (Å²) in [6.45, 7) is 5.23. The number of ether oxygens (including phenoxy) is 3. The molecule has 2 aromatic carbocycles. The van der Waals surface area contributed by atoms with Crippen molar-refractivity contribution in [1.29, 1.82) is 0 Å². The van der Waals surface area contributed by atoms with Crippen LogP contribution in [0, 0.1) is 5.82 Å². The lowest BCUT2D eigenvalue weighted by molar-refractivity contribution is -0.143. The summed E-state index contributed by atoms with van der Waals surface area (Å²) in [6, 6.07) is 9.72. The molecule has 0 radical (unpaired) electrons. The third kappa shape index (κ3) is 6.57. The van der Waals surface area contributed by atoms with Crippen molar-refractivity contribution in [1.82, 2.24) is 0 Å².